The number of carbonyl (C=O) groups is 1. The summed E-state index contributed by atoms with van der Waals surface area (Å²) >= 11 is 13.5. The molecule has 92 valence electrons. The van der Waals surface area contributed by atoms with E-state index < -0.39 is 5.82 Å². The lowest BCUT2D eigenvalue weighted by molar-refractivity contribution is -0.117. The van der Waals surface area contributed by atoms with Gasteiger partial charge in [-0.1, -0.05) is 11.6 Å². The molecule has 2 rings (SSSR count). The standard InChI is InChI=1S/C11H9Cl2FINO/c12-4-6-1-10(17)16(5-6)11-8(14)2-7(13)3-9(11)15/h2-3,6H,1,4-5H2. The minimum Gasteiger partial charge on any atom is -0.308 e. The second kappa shape index (κ2) is 5.28. The van der Waals surface area contributed by atoms with Crippen molar-refractivity contribution in [3.63, 3.8) is 0 Å². The van der Waals surface area contributed by atoms with Gasteiger partial charge in [-0.25, -0.2) is 4.39 Å². The molecule has 0 radical (unpaired) electrons. The third kappa shape index (κ3) is 2.69. The molecule has 1 fully saturated rings. The lowest BCUT2D eigenvalue weighted by Gasteiger charge is -2.19. The van der Waals surface area contributed by atoms with Crippen molar-refractivity contribution >= 4 is 57.4 Å². The van der Waals surface area contributed by atoms with Crippen LogP contribution in [0.2, 0.25) is 5.02 Å². The van der Waals surface area contributed by atoms with Gasteiger partial charge in [0.1, 0.15) is 5.82 Å². The minimum absolute atomic E-state index is 0.0882. The van der Waals surface area contributed by atoms with E-state index in [9.17, 15) is 9.18 Å². The van der Waals surface area contributed by atoms with Gasteiger partial charge in [-0.3, -0.25) is 4.79 Å². The van der Waals surface area contributed by atoms with Gasteiger partial charge in [0.25, 0.3) is 0 Å². The van der Waals surface area contributed by atoms with Crippen LogP contribution in [0.15, 0.2) is 12.1 Å². The largest absolute Gasteiger partial charge is 0.308 e. The summed E-state index contributed by atoms with van der Waals surface area (Å²) in [5.74, 6) is -0.0519. The Morgan fingerprint density at radius 1 is 1.53 bits per heavy atom. The lowest BCUT2D eigenvalue weighted by atomic mass is 10.1. The third-order valence-electron chi connectivity index (χ3n) is 2.67. The predicted molar refractivity (Wildman–Crippen MR) is 75.3 cm³/mol. The summed E-state index contributed by atoms with van der Waals surface area (Å²) in [7, 11) is 0. The van der Waals surface area contributed by atoms with Crippen molar-refractivity contribution in [1.82, 2.24) is 0 Å². The Kier molecular flexibility index (Phi) is 4.15. The number of rotatable bonds is 2. The highest BCUT2D eigenvalue weighted by Gasteiger charge is 2.32. The molecular weight excluding hydrogens is 379 g/mol. The molecular formula is C11H9Cl2FINO. The van der Waals surface area contributed by atoms with Crippen LogP contribution in [-0.2, 0) is 4.79 Å². The van der Waals surface area contributed by atoms with Gasteiger partial charge in [-0.2, -0.15) is 0 Å². The van der Waals surface area contributed by atoms with Crippen molar-refractivity contribution in [3.05, 3.63) is 26.5 Å². The van der Waals surface area contributed by atoms with E-state index in [-0.39, 0.29) is 11.8 Å². The van der Waals surface area contributed by atoms with E-state index in [2.05, 4.69) is 0 Å². The zero-order valence-corrected chi connectivity index (χ0v) is 12.4. The summed E-state index contributed by atoms with van der Waals surface area (Å²) < 4.78 is 14.5. The minimum atomic E-state index is -0.467. The van der Waals surface area contributed by atoms with Crippen molar-refractivity contribution in [2.24, 2.45) is 5.92 Å². The number of benzene rings is 1. The van der Waals surface area contributed by atoms with Gasteiger partial charge in [-0.15, -0.1) is 11.6 Å². The number of nitrogens with zero attached hydrogens (tertiary/aromatic N) is 1. The monoisotopic (exact) mass is 387 g/mol. The van der Waals surface area contributed by atoms with E-state index >= 15 is 0 Å². The van der Waals surface area contributed by atoms with Crippen LogP contribution >= 0.6 is 45.8 Å². The van der Waals surface area contributed by atoms with Crippen LogP contribution in [0.5, 0.6) is 0 Å². The summed E-state index contributed by atoms with van der Waals surface area (Å²) in [4.78, 5) is 13.3. The molecule has 1 unspecified atom stereocenters. The van der Waals surface area contributed by atoms with Gasteiger partial charge in [-0.05, 0) is 40.6 Å². The molecule has 6 heteroatoms. The molecule has 1 aromatic rings. The zero-order valence-electron chi connectivity index (χ0n) is 8.72. The van der Waals surface area contributed by atoms with Crippen LogP contribution < -0.4 is 4.90 Å². The highest BCUT2D eigenvalue weighted by Crippen LogP contribution is 2.33. The molecule has 1 aromatic carbocycles. The molecule has 0 bridgehead atoms. The number of halogens is 4. The summed E-state index contributed by atoms with van der Waals surface area (Å²) in [5.41, 5.74) is 0.313. The summed E-state index contributed by atoms with van der Waals surface area (Å²) in [6, 6.07) is 2.86. The van der Waals surface area contributed by atoms with E-state index in [0.717, 1.165) is 0 Å². The maximum Gasteiger partial charge on any atom is 0.227 e. The maximum atomic E-state index is 13.9. The van der Waals surface area contributed by atoms with Gasteiger partial charge in [0.2, 0.25) is 5.91 Å². The van der Waals surface area contributed by atoms with Crippen LogP contribution in [0.1, 0.15) is 6.42 Å². The molecule has 1 atom stereocenters. The molecule has 0 spiro atoms. The Morgan fingerprint density at radius 2 is 2.24 bits per heavy atom. The summed E-state index contributed by atoms with van der Waals surface area (Å²) in [6.45, 7) is 0.469. The Hall–Kier alpha value is -0.0700. The number of anilines is 1. The molecule has 1 saturated heterocycles. The maximum absolute atomic E-state index is 13.9. The quantitative estimate of drug-likeness (QED) is 0.560. The molecule has 1 heterocycles. The molecule has 1 aliphatic heterocycles. The van der Waals surface area contributed by atoms with Gasteiger partial charge >= 0.3 is 0 Å². The third-order valence-corrected chi connectivity index (χ3v) is 4.15. The van der Waals surface area contributed by atoms with Crippen LogP contribution in [0, 0.1) is 15.3 Å². The highest BCUT2D eigenvalue weighted by molar-refractivity contribution is 14.1. The van der Waals surface area contributed by atoms with Crippen LogP contribution in [0.4, 0.5) is 10.1 Å². The number of carbonyl (C=O) groups excluding carboxylic acids is 1. The van der Waals surface area contributed by atoms with Crippen molar-refractivity contribution < 1.29 is 9.18 Å². The van der Waals surface area contributed by atoms with E-state index in [4.69, 9.17) is 23.2 Å². The van der Waals surface area contributed by atoms with Gasteiger partial charge in [0, 0.05) is 27.4 Å². The first-order valence-electron chi connectivity index (χ1n) is 5.03. The normalized spacial score (nSPS) is 20.1. The molecule has 17 heavy (non-hydrogen) atoms. The van der Waals surface area contributed by atoms with Crippen LogP contribution in [0.25, 0.3) is 0 Å². The highest BCUT2D eigenvalue weighted by atomic mass is 127. The molecule has 1 amide bonds. The van der Waals surface area contributed by atoms with E-state index in [1.165, 1.54) is 11.0 Å². The van der Waals surface area contributed by atoms with Crippen molar-refractivity contribution in [3.8, 4) is 0 Å². The van der Waals surface area contributed by atoms with E-state index in [1.54, 1.807) is 6.07 Å². The summed E-state index contributed by atoms with van der Waals surface area (Å²) in [6.07, 6.45) is 0.377. The average Bonchev–Trinajstić information content (AvgIpc) is 2.59. The number of hydrogen-bond donors (Lipinski definition) is 0. The number of hydrogen-bond acceptors (Lipinski definition) is 1. The average molecular weight is 388 g/mol. The first-order valence-corrected chi connectivity index (χ1v) is 7.03. The van der Waals surface area contributed by atoms with Crippen molar-refractivity contribution in [1.29, 1.82) is 0 Å². The fourth-order valence-corrected chi connectivity index (χ4v) is 3.37. The molecule has 0 saturated carbocycles. The first kappa shape index (κ1) is 13.4. The lowest BCUT2D eigenvalue weighted by Crippen LogP contribution is -2.26. The van der Waals surface area contributed by atoms with E-state index in [1.807, 2.05) is 22.6 Å². The number of alkyl halides is 1. The molecule has 1 aliphatic rings. The SMILES string of the molecule is O=C1CC(CCl)CN1c1c(F)cc(Cl)cc1I. The smallest absolute Gasteiger partial charge is 0.227 e. The fourth-order valence-electron chi connectivity index (χ4n) is 1.89. The van der Waals surface area contributed by atoms with Gasteiger partial charge in [0.15, 0.2) is 0 Å². The van der Waals surface area contributed by atoms with Gasteiger partial charge < -0.3 is 4.90 Å². The fraction of sp³-hybridized carbons (Fsp3) is 0.364. The predicted octanol–water partition coefficient (Wildman–Crippen LogP) is 3.68. The second-order valence-electron chi connectivity index (χ2n) is 3.95. The molecule has 0 N–H and O–H groups in total. The molecule has 0 aromatic heterocycles. The Bertz CT molecular complexity index is 446. The van der Waals surface area contributed by atoms with Crippen LogP contribution in [-0.4, -0.2) is 18.3 Å². The van der Waals surface area contributed by atoms with E-state index in [0.29, 0.717) is 33.1 Å². The Morgan fingerprint density at radius 3 is 2.76 bits per heavy atom. The van der Waals surface area contributed by atoms with Gasteiger partial charge in [0.05, 0.1) is 5.69 Å². The molecule has 2 nitrogen and oxygen atoms in total. The Balaban J connectivity index is 2.38. The Labute approximate surface area is 122 Å². The summed E-state index contributed by atoms with van der Waals surface area (Å²) in [5, 5.41) is 0.330. The second-order valence-corrected chi connectivity index (χ2v) is 5.85. The van der Waals surface area contributed by atoms with Crippen molar-refractivity contribution in [2.45, 2.75) is 6.42 Å². The van der Waals surface area contributed by atoms with Crippen molar-refractivity contribution in [2.75, 3.05) is 17.3 Å². The zero-order chi connectivity index (χ0) is 12.6. The first-order chi connectivity index (χ1) is 8.02. The van der Waals surface area contributed by atoms with Crippen LogP contribution in [0.3, 0.4) is 0 Å². The molecule has 0 aliphatic carbocycles. The number of amides is 1. The topological polar surface area (TPSA) is 20.3 Å².